The van der Waals surface area contributed by atoms with Crippen LogP contribution in [0.1, 0.15) is 181 Å². The van der Waals surface area contributed by atoms with Crippen LogP contribution in [-0.2, 0) is 38.0 Å². The molecule has 0 bridgehead atoms. The number of aliphatic hydroxyl groups is 6. The molecule has 0 aliphatic carbocycles. The third kappa shape index (κ3) is 22.4. The monoisotopic (exact) mass is 835 g/mol. The summed E-state index contributed by atoms with van der Waals surface area (Å²) in [4.78, 5) is 24.9. The quantitative estimate of drug-likeness (QED) is 0.0324. The van der Waals surface area contributed by atoms with E-state index in [2.05, 4.69) is 13.8 Å². The lowest BCUT2D eigenvalue weighted by molar-refractivity contribution is -0.302. The molecule has 2 saturated heterocycles. The number of carbonyl (C=O) groups is 2. The van der Waals surface area contributed by atoms with E-state index in [9.17, 15) is 40.2 Å². The Kier molecular flexibility index (Phi) is 30.2. The number of ether oxygens (including phenoxy) is 6. The maximum atomic E-state index is 12.4. The highest BCUT2D eigenvalue weighted by molar-refractivity contribution is 5.77. The van der Waals surface area contributed by atoms with Gasteiger partial charge < -0.3 is 59.1 Å². The molecule has 342 valence electrons. The first-order valence-corrected chi connectivity index (χ1v) is 23.0. The van der Waals surface area contributed by atoms with E-state index in [-0.39, 0.29) is 12.8 Å². The van der Waals surface area contributed by atoms with Crippen LogP contribution in [0.25, 0.3) is 0 Å². The molecule has 0 radical (unpaired) electrons. The molecule has 2 rings (SSSR count). The molecule has 0 aromatic carbocycles. The summed E-state index contributed by atoms with van der Waals surface area (Å²) < 4.78 is 33.0. The van der Waals surface area contributed by atoms with Crippen LogP contribution >= 0.6 is 0 Å². The molecule has 0 amide bonds. The number of aliphatic hydroxyl groups excluding tert-OH is 6. The van der Waals surface area contributed by atoms with Crippen LogP contribution in [-0.4, -0.2) is 130 Å². The highest BCUT2D eigenvalue weighted by Gasteiger charge is 2.46. The van der Waals surface area contributed by atoms with Crippen molar-refractivity contribution in [2.45, 2.75) is 242 Å². The van der Waals surface area contributed by atoms with E-state index in [1.54, 1.807) is 0 Å². The first-order valence-electron chi connectivity index (χ1n) is 23.0. The molecule has 0 saturated carbocycles. The van der Waals surface area contributed by atoms with E-state index >= 15 is 0 Å². The Morgan fingerprint density at radius 3 is 0.966 bits per heavy atom. The predicted octanol–water partition coefficient (Wildman–Crippen LogP) is 5.90. The Balaban J connectivity index is 1.58. The van der Waals surface area contributed by atoms with Crippen LogP contribution < -0.4 is 0 Å². The van der Waals surface area contributed by atoms with Gasteiger partial charge in [-0.15, -0.1) is 0 Å². The van der Waals surface area contributed by atoms with Gasteiger partial charge in [0.05, 0.1) is 12.8 Å². The first kappa shape index (κ1) is 52.7. The summed E-state index contributed by atoms with van der Waals surface area (Å²) in [5.74, 6) is -1.58. The molecular formula is C44H82O14. The van der Waals surface area contributed by atoms with Crippen molar-refractivity contribution in [2.75, 3.05) is 26.4 Å². The lowest BCUT2D eigenvalue weighted by Gasteiger charge is -2.40. The van der Waals surface area contributed by atoms with Crippen molar-refractivity contribution in [1.29, 1.82) is 0 Å². The molecule has 0 aromatic rings. The van der Waals surface area contributed by atoms with E-state index in [0.29, 0.717) is 13.2 Å². The van der Waals surface area contributed by atoms with Crippen LogP contribution in [0, 0.1) is 0 Å². The zero-order valence-corrected chi connectivity index (χ0v) is 35.9. The van der Waals surface area contributed by atoms with Crippen molar-refractivity contribution in [3.63, 3.8) is 0 Å². The average molecular weight is 835 g/mol. The van der Waals surface area contributed by atoms with Crippen molar-refractivity contribution in [3.05, 3.63) is 0 Å². The summed E-state index contributed by atoms with van der Waals surface area (Å²) in [6.45, 7) is 4.16. The Hall–Kier alpha value is -1.46. The molecule has 0 unspecified atom stereocenters. The zero-order valence-electron chi connectivity index (χ0n) is 35.9. The standard InChI is InChI=1S/C44H82O14/c1-3-5-7-9-11-13-15-17-19-21-23-25-29-53-43-41(51)39(49)37(47)33(57-43)31-55-35(45)27-28-36(46)56-32-34-38(48)40(50)42(52)44(58-34)54-30-26-24-22-20-18-16-14-12-10-8-6-4-2/h33-34,37-44,47-52H,3-32H2,1-2H3/t33-,34-,37-,38-,39+,40+,41-,42-,43+,44+/m1/s1. The molecule has 6 N–H and O–H groups in total. The largest absolute Gasteiger partial charge is 0.463 e. The van der Waals surface area contributed by atoms with Gasteiger partial charge in [-0.3, -0.25) is 9.59 Å². The van der Waals surface area contributed by atoms with E-state index in [1.807, 2.05) is 0 Å². The van der Waals surface area contributed by atoms with Crippen molar-refractivity contribution in [3.8, 4) is 0 Å². The maximum absolute atomic E-state index is 12.4. The average Bonchev–Trinajstić information content (AvgIpc) is 3.22. The molecule has 2 fully saturated rings. The highest BCUT2D eigenvalue weighted by atomic mass is 16.7. The van der Waals surface area contributed by atoms with Crippen molar-refractivity contribution in [1.82, 2.24) is 0 Å². The Labute approximate surface area is 348 Å². The lowest BCUT2D eigenvalue weighted by atomic mass is 9.99. The van der Waals surface area contributed by atoms with Crippen LogP contribution in [0.4, 0.5) is 0 Å². The summed E-state index contributed by atoms with van der Waals surface area (Å²) in [6.07, 6.45) is 13.9. The zero-order chi connectivity index (χ0) is 42.4. The van der Waals surface area contributed by atoms with Crippen LogP contribution in [0.5, 0.6) is 0 Å². The Morgan fingerprint density at radius 1 is 0.397 bits per heavy atom. The molecule has 14 nitrogen and oxygen atoms in total. The second-order valence-corrected chi connectivity index (χ2v) is 16.4. The first-order chi connectivity index (χ1) is 28.1. The predicted molar refractivity (Wildman–Crippen MR) is 219 cm³/mol. The summed E-state index contributed by atoms with van der Waals surface area (Å²) in [6, 6.07) is 0. The maximum Gasteiger partial charge on any atom is 0.306 e. The SMILES string of the molecule is CCCCCCCCCCCCCCO[C@H]1O[C@H](COC(=O)CCC(=O)OC[C@H]2O[C@H](OCCCCCCCCCCCCCC)[C@H](O)[C@@H](O)[C@@H]2O)[C@@H](O)[C@H](O)[C@H]1O. The molecule has 10 atom stereocenters. The number of rotatable bonds is 35. The van der Waals surface area contributed by atoms with Gasteiger partial charge in [-0.2, -0.15) is 0 Å². The highest BCUT2D eigenvalue weighted by Crippen LogP contribution is 2.25. The normalized spacial score (nSPS) is 27.4. The van der Waals surface area contributed by atoms with E-state index in [1.165, 1.54) is 103 Å². The summed E-state index contributed by atoms with van der Waals surface area (Å²) in [5.41, 5.74) is 0. The molecule has 0 aromatic heterocycles. The van der Waals surface area contributed by atoms with Gasteiger partial charge in [0, 0.05) is 13.2 Å². The fourth-order valence-corrected chi connectivity index (χ4v) is 7.37. The van der Waals surface area contributed by atoms with Crippen LogP contribution in [0.2, 0.25) is 0 Å². The van der Waals surface area contributed by atoms with Crippen molar-refractivity contribution < 1.29 is 68.6 Å². The van der Waals surface area contributed by atoms with Crippen molar-refractivity contribution in [2.24, 2.45) is 0 Å². The molecular weight excluding hydrogens is 752 g/mol. The van der Waals surface area contributed by atoms with Gasteiger partial charge in [0.25, 0.3) is 0 Å². The molecule has 14 heteroatoms. The minimum Gasteiger partial charge on any atom is -0.463 e. The smallest absolute Gasteiger partial charge is 0.306 e. The third-order valence-corrected chi connectivity index (χ3v) is 11.2. The van der Waals surface area contributed by atoms with E-state index < -0.39 is 86.6 Å². The summed E-state index contributed by atoms with van der Waals surface area (Å²) >= 11 is 0. The minimum atomic E-state index is -1.57. The second-order valence-electron chi connectivity index (χ2n) is 16.4. The van der Waals surface area contributed by atoms with Gasteiger partial charge in [-0.25, -0.2) is 0 Å². The minimum absolute atomic E-state index is 0.298. The Bertz CT molecular complexity index is 941. The fraction of sp³-hybridized carbons (Fsp3) is 0.955. The van der Waals surface area contributed by atoms with Crippen LogP contribution in [0.15, 0.2) is 0 Å². The number of hydrogen-bond acceptors (Lipinski definition) is 14. The van der Waals surface area contributed by atoms with Gasteiger partial charge in [-0.05, 0) is 12.8 Å². The van der Waals surface area contributed by atoms with Crippen molar-refractivity contribution >= 4 is 11.9 Å². The number of carbonyl (C=O) groups excluding carboxylic acids is 2. The summed E-state index contributed by atoms with van der Waals surface area (Å²) in [5, 5.41) is 62.3. The Morgan fingerprint density at radius 2 is 0.672 bits per heavy atom. The fourth-order valence-electron chi connectivity index (χ4n) is 7.37. The lowest BCUT2D eigenvalue weighted by Crippen LogP contribution is -2.59. The summed E-state index contributed by atoms with van der Waals surface area (Å²) in [7, 11) is 0. The topological polar surface area (TPSA) is 211 Å². The van der Waals surface area contributed by atoms with E-state index in [4.69, 9.17) is 28.4 Å². The number of esters is 2. The van der Waals surface area contributed by atoms with Crippen LogP contribution in [0.3, 0.4) is 0 Å². The second kappa shape index (κ2) is 33.2. The van der Waals surface area contributed by atoms with Gasteiger partial charge in [0.1, 0.15) is 62.0 Å². The van der Waals surface area contributed by atoms with Gasteiger partial charge >= 0.3 is 11.9 Å². The van der Waals surface area contributed by atoms with Gasteiger partial charge in [-0.1, -0.05) is 155 Å². The third-order valence-electron chi connectivity index (χ3n) is 11.2. The molecule has 2 aliphatic heterocycles. The molecule has 0 spiro atoms. The molecule has 58 heavy (non-hydrogen) atoms. The number of unbranched alkanes of at least 4 members (excludes halogenated alkanes) is 22. The molecule has 2 aliphatic rings. The van der Waals surface area contributed by atoms with Gasteiger partial charge in [0.15, 0.2) is 12.6 Å². The molecule has 2 heterocycles. The van der Waals surface area contributed by atoms with Gasteiger partial charge in [0.2, 0.25) is 0 Å². The van der Waals surface area contributed by atoms with E-state index in [0.717, 1.165) is 51.4 Å². The number of hydrogen-bond donors (Lipinski definition) is 6.